The number of anilines is 1. The number of aliphatic hydroxyl groups excluding tert-OH is 1. The molecule has 2 N–H and O–H groups in total. The van der Waals surface area contributed by atoms with Crippen LogP contribution >= 0.6 is 11.6 Å². The fourth-order valence-electron chi connectivity index (χ4n) is 2.14. The fourth-order valence-corrected chi connectivity index (χ4v) is 2.34. The van der Waals surface area contributed by atoms with Gasteiger partial charge in [-0.15, -0.1) is 0 Å². The van der Waals surface area contributed by atoms with Crippen molar-refractivity contribution in [2.45, 2.75) is 32.2 Å². The fraction of sp³-hybridized carbons (Fsp3) is 0.375. The molecule has 0 spiro atoms. The standard InChI is InChI=1S/C16H20ClN3O/c1-2-6-15-19-14(17)10-16(20-15)18-13(11-21)9-12-7-4-3-5-8-12/h3-5,7-8,10,13,21H,2,6,9,11H2,1H3,(H,18,19,20). The van der Waals surface area contributed by atoms with Crippen LogP contribution in [0.3, 0.4) is 0 Å². The molecule has 1 aromatic heterocycles. The number of nitrogens with zero attached hydrogens (tertiary/aromatic N) is 2. The molecule has 1 unspecified atom stereocenters. The average molecular weight is 306 g/mol. The topological polar surface area (TPSA) is 58.0 Å². The van der Waals surface area contributed by atoms with E-state index in [1.807, 2.05) is 30.3 Å². The summed E-state index contributed by atoms with van der Waals surface area (Å²) < 4.78 is 0. The first-order chi connectivity index (χ1) is 10.2. The van der Waals surface area contributed by atoms with Gasteiger partial charge in [0.25, 0.3) is 0 Å². The first-order valence-electron chi connectivity index (χ1n) is 7.16. The molecule has 5 heteroatoms. The van der Waals surface area contributed by atoms with Gasteiger partial charge in [0.15, 0.2) is 0 Å². The Labute approximate surface area is 130 Å². The molecule has 2 rings (SSSR count). The second-order valence-corrected chi connectivity index (χ2v) is 5.34. The molecule has 0 saturated heterocycles. The number of nitrogens with one attached hydrogen (secondary N) is 1. The number of benzene rings is 1. The lowest BCUT2D eigenvalue weighted by atomic mass is 10.1. The van der Waals surface area contributed by atoms with Crippen molar-refractivity contribution in [2.75, 3.05) is 11.9 Å². The SMILES string of the molecule is CCCc1nc(Cl)cc(NC(CO)Cc2ccccc2)n1. The number of hydrogen-bond donors (Lipinski definition) is 2. The molecular weight excluding hydrogens is 286 g/mol. The molecule has 0 aliphatic heterocycles. The van der Waals surface area contributed by atoms with E-state index in [2.05, 4.69) is 22.2 Å². The van der Waals surface area contributed by atoms with Gasteiger partial charge >= 0.3 is 0 Å². The molecule has 0 bridgehead atoms. The van der Waals surface area contributed by atoms with Gasteiger partial charge in [-0.25, -0.2) is 9.97 Å². The van der Waals surface area contributed by atoms with Gasteiger partial charge in [-0.3, -0.25) is 0 Å². The van der Waals surface area contributed by atoms with E-state index in [1.54, 1.807) is 6.07 Å². The van der Waals surface area contributed by atoms with Gasteiger partial charge in [-0.05, 0) is 18.4 Å². The maximum Gasteiger partial charge on any atom is 0.134 e. The normalized spacial score (nSPS) is 12.1. The van der Waals surface area contributed by atoms with Crippen LogP contribution < -0.4 is 5.32 Å². The third-order valence-electron chi connectivity index (χ3n) is 3.11. The predicted octanol–water partition coefficient (Wildman–Crippen LogP) is 3.10. The molecule has 0 fully saturated rings. The lowest BCUT2D eigenvalue weighted by Gasteiger charge is -2.17. The maximum atomic E-state index is 9.55. The summed E-state index contributed by atoms with van der Waals surface area (Å²) in [5.41, 5.74) is 1.16. The van der Waals surface area contributed by atoms with Crippen LogP contribution in [0.5, 0.6) is 0 Å². The number of aromatic nitrogens is 2. The van der Waals surface area contributed by atoms with Crippen LogP contribution in [0.15, 0.2) is 36.4 Å². The van der Waals surface area contributed by atoms with Crippen LogP contribution in [0.4, 0.5) is 5.82 Å². The zero-order valence-electron chi connectivity index (χ0n) is 12.1. The minimum Gasteiger partial charge on any atom is -0.394 e. The quantitative estimate of drug-likeness (QED) is 0.772. The maximum absolute atomic E-state index is 9.55. The van der Waals surface area contributed by atoms with E-state index in [-0.39, 0.29) is 12.6 Å². The van der Waals surface area contributed by atoms with E-state index in [0.717, 1.165) is 30.7 Å². The number of rotatable bonds is 7. The molecule has 112 valence electrons. The Kier molecular flexibility index (Phi) is 5.96. The summed E-state index contributed by atoms with van der Waals surface area (Å²) in [5, 5.41) is 13.2. The van der Waals surface area contributed by atoms with E-state index in [0.29, 0.717) is 11.0 Å². The van der Waals surface area contributed by atoms with Gasteiger partial charge < -0.3 is 10.4 Å². The summed E-state index contributed by atoms with van der Waals surface area (Å²) in [6, 6.07) is 11.6. The van der Waals surface area contributed by atoms with E-state index >= 15 is 0 Å². The molecule has 0 amide bonds. The summed E-state index contributed by atoms with van der Waals surface area (Å²) >= 11 is 6.02. The molecular formula is C16H20ClN3O. The number of aliphatic hydroxyl groups is 1. The smallest absolute Gasteiger partial charge is 0.134 e. The Morgan fingerprint density at radius 3 is 2.67 bits per heavy atom. The zero-order valence-corrected chi connectivity index (χ0v) is 12.8. The van der Waals surface area contributed by atoms with Crippen molar-refractivity contribution in [3.63, 3.8) is 0 Å². The summed E-state index contributed by atoms with van der Waals surface area (Å²) in [7, 11) is 0. The van der Waals surface area contributed by atoms with Crippen molar-refractivity contribution in [3.8, 4) is 0 Å². The van der Waals surface area contributed by atoms with Gasteiger partial charge in [0.2, 0.25) is 0 Å². The highest BCUT2D eigenvalue weighted by molar-refractivity contribution is 6.29. The summed E-state index contributed by atoms with van der Waals surface area (Å²) in [4.78, 5) is 8.63. The van der Waals surface area contributed by atoms with Crippen LogP contribution in [-0.4, -0.2) is 27.7 Å². The first-order valence-corrected chi connectivity index (χ1v) is 7.54. The Morgan fingerprint density at radius 2 is 2.00 bits per heavy atom. The van der Waals surface area contributed by atoms with Crippen molar-refractivity contribution >= 4 is 17.4 Å². The van der Waals surface area contributed by atoms with Crippen molar-refractivity contribution in [1.29, 1.82) is 0 Å². The van der Waals surface area contributed by atoms with Crippen LogP contribution in [0.1, 0.15) is 24.7 Å². The predicted molar refractivity (Wildman–Crippen MR) is 85.7 cm³/mol. The Hall–Kier alpha value is -1.65. The second-order valence-electron chi connectivity index (χ2n) is 4.96. The molecule has 1 atom stereocenters. The Balaban J connectivity index is 2.07. The lowest BCUT2D eigenvalue weighted by Crippen LogP contribution is -2.27. The van der Waals surface area contributed by atoms with Gasteiger partial charge in [-0.2, -0.15) is 0 Å². The molecule has 0 aliphatic rings. The molecule has 1 heterocycles. The largest absolute Gasteiger partial charge is 0.394 e. The highest BCUT2D eigenvalue weighted by Crippen LogP contribution is 2.15. The minimum absolute atomic E-state index is 0.0274. The summed E-state index contributed by atoms with van der Waals surface area (Å²) in [6.07, 6.45) is 2.48. The van der Waals surface area contributed by atoms with Gasteiger partial charge in [0.1, 0.15) is 16.8 Å². The molecule has 21 heavy (non-hydrogen) atoms. The first kappa shape index (κ1) is 15.7. The molecule has 4 nitrogen and oxygen atoms in total. The van der Waals surface area contributed by atoms with E-state index in [1.165, 1.54) is 0 Å². The zero-order chi connectivity index (χ0) is 15.1. The second kappa shape index (κ2) is 7.96. The molecule has 0 radical (unpaired) electrons. The van der Waals surface area contributed by atoms with Crippen molar-refractivity contribution in [3.05, 3.63) is 52.9 Å². The van der Waals surface area contributed by atoms with Crippen molar-refractivity contribution in [1.82, 2.24) is 9.97 Å². The van der Waals surface area contributed by atoms with Crippen LogP contribution in [-0.2, 0) is 12.8 Å². The van der Waals surface area contributed by atoms with Gasteiger partial charge in [-0.1, -0.05) is 48.9 Å². The summed E-state index contributed by atoms with van der Waals surface area (Å²) in [5.74, 6) is 1.39. The molecule has 0 aliphatic carbocycles. The third kappa shape index (κ3) is 4.99. The van der Waals surface area contributed by atoms with E-state index in [9.17, 15) is 5.11 Å². The number of hydrogen-bond acceptors (Lipinski definition) is 4. The van der Waals surface area contributed by atoms with Crippen molar-refractivity contribution in [2.24, 2.45) is 0 Å². The Morgan fingerprint density at radius 1 is 1.24 bits per heavy atom. The van der Waals surface area contributed by atoms with Crippen LogP contribution in [0.2, 0.25) is 5.15 Å². The third-order valence-corrected chi connectivity index (χ3v) is 3.31. The van der Waals surface area contributed by atoms with Gasteiger partial charge in [0.05, 0.1) is 12.6 Å². The van der Waals surface area contributed by atoms with Crippen LogP contribution in [0, 0.1) is 0 Å². The Bertz CT molecular complexity index is 563. The monoisotopic (exact) mass is 305 g/mol. The summed E-state index contributed by atoms with van der Waals surface area (Å²) in [6.45, 7) is 2.10. The molecule has 1 aromatic carbocycles. The lowest BCUT2D eigenvalue weighted by molar-refractivity contribution is 0.273. The number of aryl methyl sites for hydroxylation is 1. The van der Waals surface area contributed by atoms with Crippen molar-refractivity contribution < 1.29 is 5.11 Å². The highest BCUT2D eigenvalue weighted by atomic mass is 35.5. The molecule has 0 saturated carbocycles. The molecule has 2 aromatic rings. The highest BCUT2D eigenvalue weighted by Gasteiger charge is 2.11. The van der Waals surface area contributed by atoms with E-state index < -0.39 is 0 Å². The van der Waals surface area contributed by atoms with E-state index in [4.69, 9.17) is 11.6 Å². The minimum atomic E-state index is -0.104. The average Bonchev–Trinajstić information content (AvgIpc) is 2.47. The van der Waals surface area contributed by atoms with Crippen LogP contribution in [0.25, 0.3) is 0 Å². The van der Waals surface area contributed by atoms with Gasteiger partial charge in [0, 0.05) is 12.5 Å². The number of halogens is 1.